The molecule has 3 nitrogen and oxygen atoms in total. The third kappa shape index (κ3) is 17.4. The monoisotopic (exact) mass is 286 g/mol. The van der Waals surface area contributed by atoms with Crippen LogP contribution in [0, 0.1) is 0 Å². The molecule has 0 aromatic carbocycles. The molecule has 120 valence electrons. The Labute approximate surface area is 125 Å². The fourth-order valence-corrected chi connectivity index (χ4v) is 2.23. The molecule has 0 aliphatic rings. The molecule has 0 saturated carbocycles. The number of ether oxygens (including phenoxy) is 2. The van der Waals surface area contributed by atoms with Gasteiger partial charge in [0.25, 0.3) is 6.47 Å². The van der Waals surface area contributed by atoms with Gasteiger partial charge in [-0.25, -0.2) is 0 Å². The Morgan fingerprint density at radius 3 is 1.65 bits per heavy atom. The molecular weight excluding hydrogens is 252 g/mol. The maximum atomic E-state index is 9.90. The quantitative estimate of drug-likeness (QED) is 0.282. The van der Waals surface area contributed by atoms with Crippen LogP contribution >= 0.6 is 0 Å². The van der Waals surface area contributed by atoms with Crippen LogP contribution < -0.4 is 0 Å². The fraction of sp³-hybridized carbons (Fsp3) is 0.941. The molecule has 0 aliphatic heterocycles. The summed E-state index contributed by atoms with van der Waals surface area (Å²) in [6.45, 7) is 4.96. The van der Waals surface area contributed by atoms with Gasteiger partial charge in [0.2, 0.25) is 0 Å². The number of carbonyl (C=O) groups is 1. The highest BCUT2D eigenvalue weighted by molar-refractivity contribution is 5.36. The summed E-state index contributed by atoms with van der Waals surface area (Å²) < 4.78 is 10.2. The van der Waals surface area contributed by atoms with Crippen molar-refractivity contribution in [3.63, 3.8) is 0 Å². The summed E-state index contributed by atoms with van der Waals surface area (Å²) in [4.78, 5) is 9.90. The van der Waals surface area contributed by atoms with Crippen molar-refractivity contribution in [2.75, 3.05) is 19.8 Å². The second-order valence-corrected chi connectivity index (χ2v) is 5.47. The van der Waals surface area contributed by atoms with Crippen LogP contribution in [-0.4, -0.2) is 26.3 Å². The van der Waals surface area contributed by atoms with E-state index in [1.165, 1.54) is 64.2 Å². The summed E-state index contributed by atoms with van der Waals surface area (Å²) in [5.41, 5.74) is 0. The second-order valence-electron chi connectivity index (χ2n) is 5.47. The normalized spacial score (nSPS) is 10.7. The van der Waals surface area contributed by atoms with Crippen LogP contribution in [0.5, 0.6) is 0 Å². The Kier molecular flexibility index (Phi) is 17.9. The van der Waals surface area contributed by atoms with E-state index in [1.54, 1.807) is 0 Å². The number of hydrogen-bond donors (Lipinski definition) is 0. The third-order valence-electron chi connectivity index (χ3n) is 3.51. The first kappa shape index (κ1) is 19.4. The lowest BCUT2D eigenvalue weighted by molar-refractivity contribution is -0.128. The Hall–Kier alpha value is -0.570. The number of unbranched alkanes of at least 4 members (excludes halogenated alkanes) is 10. The van der Waals surface area contributed by atoms with E-state index in [4.69, 9.17) is 4.74 Å². The third-order valence-corrected chi connectivity index (χ3v) is 3.51. The SMILES string of the molecule is CCCCCCCCCCCCOCCCCOC=O. The second kappa shape index (κ2) is 18.4. The number of carbonyl (C=O) groups excluding carboxylic acids is 1. The largest absolute Gasteiger partial charge is 0.468 e. The maximum absolute atomic E-state index is 9.90. The predicted molar refractivity (Wildman–Crippen MR) is 83.9 cm³/mol. The fourth-order valence-electron chi connectivity index (χ4n) is 2.23. The van der Waals surface area contributed by atoms with Crippen molar-refractivity contribution < 1.29 is 14.3 Å². The van der Waals surface area contributed by atoms with Gasteiger partial charge < -0.3 is 9.47 Å². The van der Waals surface area contributed by atoms with Crippen LogP contribution in [0.4, 0.5) is 0 Å². The first-order valence-electron chi connectivity index (χ1n) is 8.54. The van der Waals surface area contributed by atoms with Crippen molar-refractivity contribution in [1.82, 2.24) is 0 Å². The molecule has 0 aliphatic carbocycles. The minimum atomic E-state index is 0.505. The van der Waals surface area contributed by atoms with E-state index in [0.29, 0.717) is 13.1 Å². The summed E-state index contributed by atoms with van der Waals surface area (Å²) in [5.74, 6) is 0. The van der Waals surface area contributed by atoms with Crippen molar-refractivity contribution in [3.8, 4) is 0 Å². The van der Waals surface area contributed by atoms with Gasteiger partial charge in [-0.15, -0.1) is 0 Å². The van der Waals surface area contributed by atoms with Crippen molar-refractivity contribution in [2.24, 2.45) is 0 Å². The van der Waals surface area contributed by atoms with E-state index in [9.17, 15) is 4.79 Å². The van der Waals surface area contributed by atoms with E-state index in [1.807, 2.05) is 0 Å². The lowest BCUT2D eigenvalue weighted by Crippen LogP contribution is -1.99. The topological polar surface area (TPSA) is 35.5 Å². The molecule has 20 heavy (non-hydrogen) atoms. The number of rotatable bonds is 17. The average molecular weight is 286 g/mol. The minimum Gasteiger partial charge on any atom is -0.468 e. The van der Waals surface area contributed by atoms with Gasteiger partial charge in [-0.2, -0.15) is 0 Å². The smallest absolute Gasteiger partial charge is 0.293 e. The molecule has 0 amide bonds. The molecule has 0 saturated heterocycles. The first-order chi connectivity index (χ1) is 9.91. The van der Waals surface area contributed by atoms with Gasteiger partial charge >= 0.3 is 0 Å². The first-order valence-corrected chi connectivity index (χ1v) is 8.54. The number of hydrogen-bond acceptors (Lipinski definition) is 3. The summed E-state index contributed by atoms with van der Waals surface area (Å²) in [7, 11) is 0. The van der Waals surface area contributed by atoms with Crippen molar-refractivity contribution in [3.05, 3.63) is 0 Å². The Morgan fingerprint density at radius 2 is 1.10 bits per heavy atom. The zero-order chi connectivity index (χ0) is 14.7. The highest BCUT2D eigenvalue weighted by atomic mass is 16.5. The standard InChI is InChI=1S/C17H34O3/c1-2-3-4-5-6-7-8-9-10-11-14-19-15-12-13-16-20-17-18/h17H,2-16H2,1H3. The summed E-state index contributed by atoms with van der Waals surface area (Å²) in [6, 6.07) is 0. The molecule has 0 N–H and O–H groups in total. The van der Waals surface area contributed by atoms with E-state index in [2.05, 4.69) is 11.7 Å². The Balaban J connectivity index is 2.90. The van der Waals surface area contributed by atoms with Crippen LogP contribution in [0.2, 0.25) is 0 Å². The lowest BCUT2D eigenvalue weighted by Gasteiger charge is -2.04. The van der Waals surface area contributed by atoms with Gasteiger partial charge in [0.15, 0.2) is 0 Å². The van der Waals surface area contributed by atoms with Crippen molar-refractivity contribution in [2.45, 2.75) is 84.0 Å². The summed E-state index contributed by atoms with van der Waals surface area (Å²) in [5, 5.41) is 0. The van der Waals surface area contributed by atoms with E-state index in [-0.39, 0.29) is 0 Å². The van der Waals surface area contributed by atoms with Crippen molar-refractivity contribution >= 4 is 6.47 Å². The summed E-state index contributed by atoms with van der Waals surface area (Å²) in [6.07, 6.45) is 15.5. The highest BCUT2D eigenvalue weighted by Gasteiger charge is 1.94. The molecule has 0 unspecified atom stereocenters. The molecular formula is C17H34O3. The van der Waals surface area contributed by atoms with Crippen LogP contribution in [0.25, 0.3) is 0 Å². The van der Waals surface area contributed by atoms with Gasteiger partial charge in [0, 0.05) is 13.2 Å². The van der Waals surface area contributed by atoms with Crippen LogP contribution in [0.15, 0.2) is 0 Å². The molecule has 0 radical (unpaired) electrons. The molecule has 0 spiro atoms. The van der Waals surface area contributed by atoms with Crippen LogP contribution in [0.1, 0.15) is 84.0 Å². The zero-order valence-corrected chi connectivity index (χ0v) is 13.4. The molecule has 0 atom stereocenters. The lowest BCUT2D eigenvalue weighted by atomic mass is 10.1. The predicted octanol–water partition coefficient (Wildman–Crippen LogP) is 4.88. The van der Waals surface area contributed by atoms with Gasteiger partial charge in [-0.05, 0) is 19.3 Å². The molecule has 0 rings (SSSR count). The van der Waals surface area contributed by atoms with Crippen LogP contribution in [0.3, 0.4) is 0 Å². The minimum absolute atomic E-state index is 0.505. The zero-order valence-electron chi connectivity index (χ0n) is 13.4. The molecule has 0 aromatic heterocycles. The van der Waals surface area contributed by atoms with Crippen molar-refractivity contribution in [1.29, 1.82) is 0 Å². The van der Waals surface area contributed by atoms with Crippen LogP contribution in [-0.2, 0) is 14.3 Å². The Bertz CT molecular complexity index is 183. The summed E-state index contributed by atoms with van der Waals surface area (Å²) >= 11 is 0. The highest BCUT2D eigenvalue weighted by Crippen LogP contribution is 2.10. The van der Waals surface area contributed by atoms with E-state index >= 15 is 0 Å². The molecule has 3 heteroatoms. The Morgan fingerprint density at radius 1 is 0.650 bits per heavy atom. The molecule has 0 heterocycles. The van der Waals surface area contributed by atoms with E-state index < -0.39 is 0 Å². The molecule has 0 aromatic rings. The van der Waals surface area contributed by atoms with Gasteiger partial charge in [-0.1, -0.05) is 64.7 Å². The molecule has 0 fully saturated rings. The molecule has 0 bridgehead atoms. The van der Waals surface area contributed by atoms with Gasteiger partial charge in [0.1, 0.15) is 0 Å². The maximum Gasteiger partial charge on any atom is 0.293 e. The average Bonchev–Trinajstić information content (AvgIpc) is 2.47. The van der Waals surface area contributed by atoms with Gasteiger partial charge in [0.05, 0.1) is 6.61 Å². The van der Waals surface area contributed by atoms with Gasteiger partial charge in [-0.3, -0.25) is 4.79 Å². The van der Waals surface area contributed by atoms with E-state index in [0.717, 1.165) is 26.1 Å².